The van der Waals surface area contributed by atoms with E-state index in [1.807, 2.05) is 9.95 Å². The van der Waals surface area contributed by atoms with E-state index >= 15 is 0 Å². The van der Waals surface area contributed by atoms with Gasteiger partial charge in [0.05, 0.1) is 18.0 Å². The smallest absolute Gasteiger partial charge is 0.160 e. The first-order valence-electron chi connectivity index (χ1n) is 9.38. The van der Waals surface area contributed by atoms with Crippen molar-refractivity contribution in [3.8, 4) is 10.7 Å². The maximum absolute atomic E-state index is 6.56. The molecule has 1 atom stereocenters. The highest BCUT2D eigenvalue weighted by molar-refractivity contribution is 7.13. The Kier molecular flexibility index (Phi) is 5.01. The van der Waals surface area contributed by atoms with Gasteiger partial charge in [0, 0.05) is 29.4 Å². The summed E-state index contributed by atoms with van der Waals surface area (Å²) in [7, 11) is 0. The maximum atomic E-state index is 6.56. The van der Waals surface area contributed by atoms with Gasteiger partial charge in [0.1, 0.15) is 28.5 Å². The van der Waals surface area contributed by atoms with Crippen LogP contribution in [0.5, 0.6) is 0 Å². The van der Waals surface area contributed by atoms with Crippen molar-refractivity contribution in [2.45, 2.75) is 39.3 Å². The van der Waals surface area contributed by atoms with Crippen LogP contribution in [-0.4, -0.2) is 47.1 Å². The number of allylic oxidation sites excluding steroid dienone is 1. The molecule has 0 amide bonds. The van der Waals surface area contributed by atoms with Crippen LogP contribution in [-0.2, 0) is 0 Å². The van der Waals surface area contributed by atoms with Gasteiger partial charge in [-0.15, -0.1) is 21.5 Å². The van der Waals surface area contributed by atoms with E-state index in [1.54, 1.807) is 24.9 Å². The number of aromatic amines is 1. The van der Waals surface area contributed by atoms with E-state index in [2.05, 4.69) is 62.6 Å². The van der Waals surface area contributed by atoms with E-state index < -0.39 is 0 Å². The SMILES string of the molecule is C=C(/N=C\C1=C(N)N(C(C)C)[C@H](CC)c2nncn21)c1c[nH]nc1-c1nccs1. The number of H-pyrrole nitrogens is 1. The topological polar surface area (TPSA) is 114 Å². The van der Waals surface area contributed by atoms with E-state index in [4.69, 9.17) is 5.73 Å². The van der Waals surface area contributed by atoms with Crippen LogP contribution < -0.4 is 5.73 Å². The predicted octanol–water partition coefficient (Wildman–Crippen LogP) is 3.13. The Hall–Kier alpha value is -3.27. The lowest BCUT2D eigenvalue weighted by Crippen LogP contribution is -2.42. The molecule has 0 fully saturated rings. The summed E-state index contributed by atoms with van der Waals surface area (Å²) >= 11 is 1.51. The Labute approximate surface area is 172 Å². The van der Waals surface area contributed by atoms with Crippen LogP contribution in [0, 0.1) is 0 Å². The second-order valence-electron chi connectivity index (χ2n) is 6.94. The summed E-state index contributed by atoms with van der Waals surface area (Å²) in [4.78, 5) is 11.1. The van der Waals surface area contributed by atoms with Gasteiger partial charge in [-0.2, -0.15) is 5.10 Å². The maximum Gasteiger partial charge on any atom is 0.160 e. The lowest BCUT2D eigenvalue weighted by molar-refractivity contribution is 0.182. The largest absolute Gasteiger partial charge is 0.384 e. The minimum Gasteiger partial charge on any atom is -0.384 e. The van der Waals surface area contributed by atoms with Crippen molar-refractivity contribution in [1.82, 2.24) is 34.8 Å². The second-order valence-corrected chi connectivity index (χ2v) is 7.84. The molecular weight excluding hydrogens is 386 g/mol. The molecule has 4 rings (SSSR count). The fraction of sp³-hybridized carbons (Fsp3) is 0.316. The standard InChI is InChI=1S/C19H23N9S/c1-5-14-18-26-24-10-27(18)15(17(20)28(14)11(2)3)9-22-12(4)13-8-23-25-16(13)19-21-6-7-29-19/h6-11,14H,4-5,20H2,1-3H3,(H,23,25)/b22-9-/t14-/m1/s1. The summed E-state index contributed by atoms with van der Waals surface area (Å²) in [5, 5.41) is 18.3. The summed E-state index contributed by atoms with van der Waals surface area (Å²) < 4.78 is 1.90. The second kappa shape index (κ2) is 7.63. The third kappa shape index (κ3) is 3.25. The molecule has 150 valence electrons. The van der Waals surface area contributed by atoms with Gasteiger partial charge in [0.25, 0.3) is 0 Å². The summed E-state index contributed by atoms with van der Waals surface area (Å²) in [6, 6.07) is 0.283. The monoisotopic (exact) mass is 409 g/mol. The minimum atomic E-state index is 0.0724. The minimum absolute atomic E-state index is 0.0724. The van der Waals surface area contributed by atoms with E-state index in [1.165, 1.54) is 11.3 Å². The summed E-state index contributed by atoms with van der Waals surface area (Å²) in [5.41, 5.74) is 9.37. The molecule has 0 bridgehead atoms. The Morgan fingerprint density at radius 2 is 2.31 bits per heavy atom. The van der Waals surface area contributed by atoms with Gasteiger partial charge in [0.15, 0.2) is 5.82 Å². The van der Waals surface area contributed by atoms with Crippen LogP contribution in [0.15, 0.2) is 41.5 Å². The number of nitrogens with one attached hydrogen (secondary N) is 1. The molecule has 0 saturated heterocycles. The Balaban J connectivity index is 1.70. The molecule has 3 aromatic rings. The third-order valence-electron chi connectivity index (χ3n) is 4.88. The molecule has 0 radical (unpaired) electrons. The quantitative estimate of drug-likeness (QED) is 0.605. The molecule has 4 heterocycles. The van der Waals surface area contributed by atoms with Gasteiger partial charge in [-0.1, -0.05) is 13.5 Å². The van der Waals surface area contributed by atoms with Crippen LogP contribution in [0.4, 0.5) is 0 Å². The lowest BCUT2D eigenvalue weighted by atomic mass is 10.1. The Morgan fingerprint density at radius 3 is 3.00 bits per heavy atom. The lowest BCUT2D eigenvalue weighted by Gasteiger charge is -2.40. The van der Waals surface area contributed by atoms with Gasteiger partial charge >= 0.3 is 0 Å². The first-order chi connectivity index (χ1) is 14.0. The number of thiazole rings is 1. The molecule has 0 unspecified atom stereocenters. The Morgan fingerprint density at radius 1 is 1.48 bits per heavy atom. The zero-order valence-corrected chi connectivity index (χ0v) is 17.4. The summed E-state index contributed by atoms with van der Waals surface area (Å²) in [6.45, 7) is 10.4. The summed E-state index contributed by atoms with van der Waals surface area (Å²) in [5.74, 6) is 1.50. The molecule has 3 aromatic heterocycles. The molecule has 1 aliphatic heterocycles. The third-order valence-corrected chi connectivity index (χ3v) is 5.66. The summed E-state index contributed by atoms with van der Waals surface area (Å²) in [6.07, 6.45) is 7.78. The molecule has 0 saturated carbocycles. The molecular formula is C19H23N9S. The zero-order chi connectivity index (χ0) is 20.5. The van der Waals surface area contributed by atoms with E-state index in [0.717, 1.165) is 34.2 Å². The number of hydrogen-bond donors (Lipinski definition) is 2. The van der Waals surface area contributed by atoms with Crippen LogP contribution in [0.25, 0.3) is 22.1 Å². The molecule has 0 spiro atoms. The average molecular weight is 410 g/mol. The van der Waals surface area contributed by atoms with Crippen molar-refractivity contribution in [3.63, 3.8) is 0 Å². The van der Waals surface area contributed by atoms with E-state index in [0.29, 0.717) is 11.5 Å². The van der Waals surface area contributed by atoms with Crippen LogP contribution >= 0.6 is 11.3 Å². The van der Waals surface area contributed by atoms with Crippen molar-refractivity contribution in [2.24, 2.45) is 10.7 Å². The number of aromatic nitrogens is 6. The van der Waals surface area contributed by atoms with Crippen molar-refractivity contribution < 1.29 is 0 Å². The molecule has 10 heteroatoms. The van der Waals surface area contributed by atoms with Crippen LogP contribution in [0.3, 0.4) is 0 Å². The highest BCUT2D eigenvalue weighted by Crippen LogP contribution is 2.34. The van der Waals surface area contributed by atoms with Crippen molar-refractivity contribution in [2.75, 3.05) is 0 Å². The molecule has 0 aromatic carbocycles. The van der Waals surface area contributed by atoms with Gasteiger partial charge < -0.3 is 10.6 Å². The normalized spacial score (nSPS) is 16.8. The van der Waals surface area contributed by atoms with Gasteiger partial charge in [-0.05, 0) is 20.3 Å². The van der Waals surface area contributed by atoms with Crippen molar-refractivity contribution in [1.29, 1.82) is 0 Å². The number of nitrogens with two attached hydrogens (primary N) is 1. The number of aliphatic imine (C=N–C) groups is 1. The molecule has 0 aliphatic carbocycles. The van der Waals surface area contributed by atoms with E-state index in [9.17, 15) is 0 Å². The van der Waals surface area contributed by atoms with Crippen LogP contribution in [0.1, 0.15) is 44.6 Å². The highest BCUT2D eigenvalue weighted by atomic mass is 32.1. The first-order valence-corrected chi connectivity index (χ1v) is 10.3. The fourth-order valence-corrected chi connectivity index (χ4v) is 4.21. The molecule has 29 heavy (non-hydrogen) atoms. The van der Waals surface area contributed by atoms with Gasteiger partial charge in [-0.3, -0.25) is 14.7 Å². The predicted molar refractivity (Wildman–Crippen MR) is 115 cm³/mol. The zero-order valence-electron chi connectivity index (χ0n) is 16.6. The number of nitrogens with zero attached hydrogens (tertiary/aromatic N) is 7. The first kappa shape index (κ1) is 19.1. The number of hydrogen-bond acceptors (Lipinski definition) is 8. The number of rotatable bonds is 6. The average Bonchev–Trinajstić information content (AvgIpc) is 3.46. The van der Waals surface area contributed by atoms with Gasteiger partial charge in [-0.25, -0.2) is 4.98 Å². The molecule has 1 aliphatic rings. The van der Waals surface area contributed by atoms with Crippen molar-refractivity contribution in [3.05, 3.63) is 47.9 Å². The fourth-order valence-electron chi connectivity index (χ4n) is 3.57. The molecule has 3 N–H and O–H groups in total. The van der Waals surface area contributed by atoms with Crippen molar-refractivity contribution >= 4 is 28.9 Å². The highest BCUT2D eigenvalue weighted by Gasteiger charge is 2.33. The number of fused-ring (bicyclic) bond motifs is 1. The van der Waals surface area contributed by atoms with Crippen LogP contribution in [0.2, 0.25) is 0 Å². The molecule has 9 nitrogen and oxygen atoms in total. The van der Waals surface area contributed by atoms with Gasteiger partial charge in [0.2, 0.25) is 0 Å². The Bertz CT molecular complexity index is 1070. The van der Waals surface area contributed by atoms with E-state index in [-0.39, 0.29) is 12.1 Å².